The van der Waals surface area contributed by atoms with Gasteiger partial charge in [-0.25, -0.2) is 4.99 Å². The van der Waals surface area contributed by atoms with Crippen LogP contribution in [-0.2, 0) is 6.54 Å². The van der Waals surface area contributed by atoms with E-state index >= 15 is 0 Å². The third-order valence-electron chi connectivity index (χ3n) is 2.63. The first kappa shape index (κ1) is 20.6. The maximum atomic E-state index is 5.66. The van der Waals surface area contributed by atoms with Crippen LogP contribution in [0.25, 0.3) is 0 Å². The highest BCUT2D eigenvalue weighted by Gasteiger charge is 1.99. The number of nitrogens with one attached hydrogen (secondary N) is 2. The van der Waals surface area contributed by atoms with Gasteiger partial charge in [0.2, 0.25) is 0 Å². The number of hydrogen-bond acceptors (Lipinski definition) is 2. The summed E-state index contributed by atoms with van der Waals surface area (Å²) in [7, 11) is 0. The highest BCUT2D eigenvalue weighted by Crippen LogP contribution is 2.13. The Balaban J connectivity index is 0.00000441. The highest BCUT2D eigenvalue weighted by atomic mass is 127. The van der Waals surface area contributed by atoms with Gasteiger partial charge in [0.05, 0.1) is 19.7 Å². The molecule has 1 aromatic carbocycles. The molecule has 0 aliphatic rings. The summed E-state index contributed by atoms with van der Waals surface area (Å²) in [6.45, 7) is 8.89. The summed E-state index contributed by atoms with van der Waals surface area (Å²) in [5.41, 5.74) is 1.13. The molecule has 0 atom stereocenters. The summed E-state index contributed by atoms with van der Waals surface area (Å²) in [5.74, 6) is 4.69. The van der Waals surface area contributed by atoms with Crippen molar-refractivity contribution < 1.29 is 4.74 Å². The molecular weight excluding hydrogens is 389 g/mol. The van der Waals surface area contributed by atoms with Crippen LogP contribution in [0.1, 0.15) is 26.3 Å². The van der Waals surface area contributed by atoms with Gasteiger partial charge in [0.25, 0.3) is 0 Å². The van der Waals surface area contributed by atoms with Crippen LogP contribution in [0, 0.1) is 18.3 Å². The minimum atomic E-state index is 0. The zero-order valence-electron chi connectivity index (χ0n) is 13.6. The van der Waals surface area contributed by atoms with E-state index in [0.29, 0.717) is 19.0 Å². The van der Waals surface area contributed by atoms with Crippen molar-refractivity contribution in [1.82, 2.24) is 10.6 Å². The normalized spacial score (nSPS) is 10.6. The van der Waals surface area contributed by atoms with E-state index in [-0.39, 0.29) is 24.0 Å². The van der Waals surface area contributed by atoms with E-state index in [1.165, 1.54) is 0 Å². The second-order valence-corrected chi connectivity index (χ2v) is 5.10. The molecule has 0 amide bonds. The predicted molar refractivity (Wildman–Crippen MR) is 104 cm³/mol. The Bertz CT molecular complexity index is 478. The lowest BCUT2D eigenvalue weighted by Crippen LogP contribution is -2.37. The standard InChI is InChI=1S/C17H25N3O.HI/c1-5-11-19-17(18-6-2)20-12-15-7-9-16(10-8-15)21-13-14(3)4;/h1,7-10,14H,6,11-13H2,2-4H3,(H2,18,19,20);1H. The van der Waals surface area contributed by atoms with Gasteiger partial charge in [0.1, 0.15) is 5.75 Å². The van der Waals surface area contributed by atoms with E-state index in [0.717, 1.165) is 30.4 Å². The van der Waals surface area contributed by atoms with E-state index < -0.39 is 0 Å². The Morgan fingerprint density at radius 1 is 1.27 bits per heavy atom. The summed E-state index contributed by atoms with van der Waals surface area (Å²) < 4.78 is 5.66. The van der Waals surface area contributed by atoms with Gasteiger partial charge in [0, 0.05) is 6.54 Å². The first-order chi connectivity index (χ1) is 10.2. The van der Waals surface area contributed by atoms with Crippen molar-refractivity contribution in [2.75, 3.05) is 19.7 Å². The van der Waals surface area contributed by atoms with Crippen molar-refractivity contribution in [3.8, 4) is 18.1 Å². The zero-order chi connectivity index (χ0) is 15.5. The van der Waals surface area contributed by atoms with E-state index in [9.17, 15) is 0 Å². The van der Waals surface area contributed by atoms with Gasteiger partial charge in [0.15, 0.2) is 5.96 Å². The number of hydrogen-bond donors (Lipinski definition) is 2. The quantitative estimate of drug-likeness (QED) is 0.312. The second-order valence-electron chi connectivity index (χ2n) is 5.10. The summed E-state index contributed by atoms with van der Waals surface area (Å²) >= 11 is 0. The fourth-order valence-electron chi connectivity index (χ4n) is 1.60. The van der Waals surface area contributed by atoms with Crippen LogP contribution in [0.5, 0.6) is 5.75 Å². The highest BCUT2D eigenvalue weighted by molar-refractivity contribution is 14.0. The predicted octanol–water partition coefficient (Wildman–Crippen LogP) is 3.03. The summed E-state index contributed by atoms with van der Waals surface area (Å²) in [6.07, 6.45) is 5.24. The van der Waals surface area contributed by atoms with Gasteiger partial charge in [-0.1, -0.05) is 31.9 Å². The third kappa shape index (κ3) is 8.78. The van der Waals surface area contributed by atoms with Gasteiger partial charge < -0.3 is 15.4 Å². The Hall–Kier alpha value is -1.42. The number of aliphatic imine (C=N–C) groups is 1. The molecule has 122 valence electrons. The largest absolute Gasteiger partial charge is 0.493 e. The Labute approximate surface area is 151 Å². The lowest BCUT2D eigenvalue weighted by atomic mass is 10.2. The molecule has 22 heavy (non-hydrogen) atoms. The molecule has 0 saturated carbocycles. The Morgan fingerprint density at radius 2 is 1.95 bits per heavy atom. The van der Waals surface area contributed by atoms with Gasteiger partial charge >= 0.3 is 0 Å². The first-order valence-corrected chi connectivity index (χ1v) is 7.33. The molecule has 0 spiro atoms. The molecule has 0 fully saturated rings. The average molecular weight is 415 g/mol. The number of halogens is 1. The maximum absolute atomic E-state index is 5.66. The van der Waals surface area contributed by atoms with Gasteiger partial charge in [-0.2, -0.15) is 0 Å². The van der Waals surface area contributed by atoms with Crippen molar-refractivity contribution in [2.45, 2.75) is 27.3 Å². The summed E-state index contributed by atoms with van der Waals surface area (Å²) in [4.78, 5) is 4.48. The third-order valence-corrected chi connectivity index (χ3v) is 2.63. The number of nitrogens with zero attached hydrogens (tertiary/aromatic N) is 1. The van der Waals surface area contributed by atoms with Crippen LogP contribution in [0.15, 0.2) is 29.3 Å². The zero-order valence-corrected chi connectivity index (χ0v) is 15.9. The van der Waals surface area contributed by atoms with Crippen molar-refractivity contribution in [3.63, 3.8) is 0 Å². The topological polar surface area (TPSA) is 45.7 Å². The van der Waals surface area contributed by atoms with Crippen molar-refractivity contribution in [1.29, 1.82) is 0 Å². The van der Waals surface area contributed by atoms with Crippen LogP contribution in [0.3, 0.4) is 0 Å². The van der Waals surface area contributed by atoms with E-state index in [2.05, 4.69) is 35.4 Å². The molecule has 5 heteroatoms. The molecular formula is C17H26IN3O. The van der Waals surface area contributed by atoms with E-state index in [1.54, 1.807) is 0 Å². The van der Waals surface area contributed by atoms with Crippen molar-refractivity contribution in [3.05, 3.63) is 29.8 Å². The van der Waals surface area contributed by atoms with Crippen molar-refractivity contribution in [2.24, 2.45) is 10.9 Å². The molecule has 0 heterocycles. The van der Waals surface area contributed by atoms with Crippen LogP contribution in [-0.4, -0.2) is 25.7 Å². The first-order valence-electron chi connectivity index (χ1n) is 7.33. The minimum absolute atomic E-state index is 0. The number of benzene rings is 1. The second kappa shape index (κ2) is 12.2. The number of guanidine groups is 1. The lowest BCUT2D eigenvalue weighted by molar-refractivity contribution is 0.271. The minimum Gasteiger partial charge on any atom is -0.493 e. The molecule has 0 saturated heterocycles. The van der Waals surface area contributed by atoms with Crippen LogP contribution in [0.4, 0.5) is 0 Å². The number of ether oxygens (including phenoxy) is 1. The molecule has 2 N–H and O–H groups in total. The van der Waals surface area contributed by atoms with Gasteiger partial charge in [-0.05, 0) is 30.5 Å². The number of rotatable bonds is 7. The Morgan fingerprint density at radius 3 is 2.50 bits per heavy atom. The molecule has 0 radical (unpaired) electrons. The van der Waals surface area contributed by atoms with Gasteiger partial charge in [-0.3, -0.25) is 0 Å². The molecule has 0 aromatic heterocycles. The molecule has 1 aromatic rings. The monoisotopic (exact) mass is 415 g/mol. The number of terminal acetylenes is 1. The molecule has 4 nitrogen and oxygen atoms in total. The fraction of sp³-hybridized carbons (Fsp3) is 0.471. The van der Waals surface area contributed by atoms with E-state index in [1.807, 2.05) is 31.2 Å². The molecule has 0 bridgehead atoms. The Kier molecular flexibility index (Phi) is 11.4. The SMILES string of the molecule is C#CCNC(=NCc1ccc(OCC(C)C)cc1)NCC.I. The van der Waals surface area contributed by atoms with Crippen LogP contribution >= 0.6 is 24.0 Å². The van der Waals surface area contributed by atoms with Crippen molar-refractivity contribution >= 4 is 29.9 Å². The summed E-state index contributed by atoms with van der Waals surface area (Å²) in [6, 6.07) is 8.03. The molecule has 0 unspecified atom stereocenters. The molecule has 0 aliphatic heterocycles. The summed E-state index contributed by atoms with van der Waals surface area (Å²) in [5, 5.41) is 6.21. The maximum Gasteiger partial charge on any atom is 0.192 e. The molecule has 0 aliphatic carbocycles. The lowest BCUT2D eigenvalue weighted by Gasteiger charge is -2.10. The van der Waals surface area contributed by atoms with E-state index in [4.69, 9.17) is 11.2 Å². The average Bonchev–Trinajstić information content (AvgIpc) is 2.49. The smallest absolute Gasteiger partial charge is 0.192 e. The van der Waals surface area contributed by atoms with Crippen LogP contribution in [0.2, 0.25) is 0 Å². The van der Waals surface area contributed by atoms with Gasteiger partial charge in [-0.15, -0.1) is 30.4 Å². The fourth-order valence-corrected chi connectivity index (χ4v) is 1.60. The molecule has 1 rings (SSSR count). The van der Waals surface area contributed by atoms with Crippen LogP contribution < -0.4 is 15.4 Å².